The van der Waals surface area contributed by atoms with Crippen LogP contribution in [0.1, 0.15) is 46.5 Å². The van der Waals surface area contributed by atoms with Crippen LogP contribution in [0.4, 0.5) is 10.5 Å². The summed E-state index contributed by atoms with van der Waals surface area (Å²) in [5.74, 6) is -0.296. The van der Waals surface area contributed by atoms with Crippen molar-refractivity contribution in [2.75, 3.05) is 25.5 Å². The van der Waals surface area contributed by atoms with Crippen LogP contribution >= 0.6 is 22.9 Å². The molecule has 7 nitrogen and oxygen atoms in total. The number of anilines is 1. The van der Waals surface area contributed by atoms with Crippen LogP contribution in [0.5, 0.6) is 0 Å². The van der Waals surface area contributed by atoms with Crippen molar-refractivity contribution in [3.8, 4) is 0 Å². The minimum absolute atomic E-state index is 0.253. The van der Waals surface area contributed by atoms with E-state index in [1.165, 1.54) is 11.3 Å². The highest BCUT2D eigenvalue weighted by Crippen LogP contribution is 2.33. The van der Waals surface area contributed by atoms with Crippen LogP contribution in [0.3, 0.4) is 0 Å². The minimum atomic E-state index is -1.02. The number of hydrogen-bond acceptors (Lipinski definition) is 5. The second kappa shape index (κ2) is 8.78. The smallest absolute Gasteiger partial charge is 0.413 e. The van der Waals surface area contributed by atoms with Crippen molar-refractivity contribution in [1.82, 2.24) is 5.32 Å². The molecule has 2 amide bonds. The van der Waals surface area contributed by atoms with Gasteiger partial charge in [-0.1, -0.05) is 17.7 Å². The lowest BCUT2D eigenvalue weighted by molar-refractivity contribution is -0.859. The fourth-order valence-corrected chi connectivity index (χ4v) is 5.17. The van der Waals surface area contributed by atoms with E-state index in [-0.39, 0.29) is 10.6 Å². The topological polar surface area (TPSA) is 90.5 Å². The third-order valence-electron chi connectivity index (χ3n) is 6.00. The Labute approximate surface area is 190 Å². The fourth-order valence-electron chi connectivity index (χ4n) is 4.23. The second-order valence-electron chi connectivity index (χ2n) is 8.50. The van der Waals surface area contributed by atoms with Gasteiger partial charge in [0, 0.05) is 31.4 Å². The molecular weight excluding hydrogens is 438 g/mol. The number of thiophene rings is 1. The molecule has 1 aromatic heterocycles. The van der Waals surface area contributed by atoms with Gasteiger partial charge in [0.1, 0.15) is 0 Å². The molecule has 0 bridgehead atoms. The molecule has 0 radical (unpaired) electrons. The number of halogens is 1. The molecular formula is C22H26ClN3O4S. The van der Waals surface area contributed by atoms with Gasteiger partial charge in [-0.15, -0.1) is 11.3 Å². The monoisotopic (exact) mass is 463 g/mol. The first-order valence-electron chi connectivity index (χ1n) is 10.5. The summed E-state index contributed by atoms with van der Waals surface area (Å²) in [5, 5.41) is 18.0. The van der Waals surface area contributed by atoms with Gasteiger partial charge in [-0.25, -0.2) is 4.79 Å². The molecule has 2 aliphatic rings. The van der Waals surface area contributed by atoms with Crippen molar-refractivity contribution in [1.29, 1.82) is 0 Å². The molecule has 166 valence electrons. The minimum Gasteiger partial charge on any atom is -0.633 e. The molecule has 1 atom stereocenters. The molecule has 0 spiro atoms. The van der Waals surface area contributed by atoms with Crippen LogP contribution in [0.15, 0.2) is 30.3 Å². The number of carbonyl (C=O) groups excluding carboxylic acids is 2. The Morgan fingerprint density at radius 2 is 1.84 bits per heavy atom. The normalized spacial score (nSPS) is 22.3. The summed E-state index contributed by atoms with van der Waals surface area (Å²) in [4.78, 5) is 25.8. The maximum absolute atomic E-state index is 12.7. The van der Waals surface area contributed by atoms with Gasteiger partial charge in [0.2, 0.25) is 0 Å². The van der Waals surface area contributed by atoms with Crippen LogP contribution in [-0.4, -0.2) is 42.5 Å². The number of amides is 2. The predicted molar refractivity (Wildman–Crippen MR) is 121 cm³/mol. The van der Waals surface area contributed by atoms with Crippen LogP contribution in [0.2, 0.25) is 4.34 Å². The Bertz CT molecular complexity index is 985. The van der Waals surface area contributed by atoms with Crippen LogP contribution in [0, 0.1) is 5.21 Å². The number of fused-ring (bicyclic) bond motifs is 1. The Hall–Kier alpha value is -2.13. The van der Waals surface area contributed by atoms with E-state index in [1.54, 1.807) is 19.2 Å². The lowest BCUT2D eigenvalue weighted by Crippen LogP contribution is -2.50. The molecule has 1 aliphatic heterocycles. The van der Waals surface area contributed by atoms with E-state index in [0.29, 0.717) is 47.3 Å². The first-order chi connectivity index (χ1) is 14.7. The van der Waals surface area contributed by atoms with Crippen LogP contribution in [-0.2, 0) is 17.6 Å². The zero-order chi connectivity index (χ0) is 22.1. The highest BCUT2D eigenvalue weighted by atomic mass is 35.5. The van der Waals surface area contributed by atoms with E-state index in [0.717, 1.165) is 30.4 Å². The van der Waals surface area contributed by atoms with Gasteiger partial charge >= 0.3 is 6.09 Å². The average molecular weight is 464 g/mol. The van der Waals surface area contributed by atoms with E-state index in [4.69, 9.17) is 16.3 Å². The quantitative estimate of drug-likeness (QED) is 0.391. The molecule has 1 fully saturated rings. The Kier molecular flexibility index (Phi) is 6.25. The van der Waals surface area contributed by atoms with Gasteiger partial charge in [0.25, 0.3) is 5.91 Å². The van der Waals surface area contributed by atoms with E-state index >= 15 is 0 Å². The number of quaternary nitrogens is 1. The van der Waals surface area contributed by atoms with Crippen molar-refractivity contribution in [3.63, 3.8) is 0 Å². The number of nitrogens with zero attached hydrogens (tertiary/aromatic N) is 1. The second-order valence-corrected chi connectivity index (χ2v) is 10.2. The van der Waals surface area contributed by atoms with E-state index < -0.39 is 11.8 Å². The van der Waals surface area contributed by atoms with Crippen molar-refractivity contribution in [3.05, 3.63) is 55.9 Å². The average Bonchev–Trinajstić information content (AvgIpc) is 3.31. The molecule has 1 saturated carbocycles. The first-order valence-corrected chi connectivity index (χ1v) is 11.7. The SMILES string of the molecule is C[N+]1([O-])CCc2ccc(NC(=O)OC3(NC(=O)c4ccc(Cl)s4)CCCC3)cc2CC1. The summed E-state index contributed by atoms with van der Waals surface area (Å²) in [7, 11) is 1.70. The molecule has 1 aliphatic carbocycles. The molecule has 1 aromatic carbocycles. The van der Waals surface area contributed by atoms with Gasteiger partial charge in [-0.2, -0.15) is 0 Å². The number of rotatable bonds is 4. The van der Waals surface area contributed by atoms with Crippen LogP contribution < -0.4 is 10.6 Å². The van der Waals surface area contributed by atoms with Gasteiger partial charge in [0.05, 0.1) is 29.4 Å². The van der Waals surface area contributed by atoms with Crippen LogP contribution in [0.25, 0.3) is 0 Å². The van der Waals surface area contributed by atoms with Crippen molar-refractivity contribution < 1.29 is 19.0 Å². The highest BCUT2D eigenvalue weighted by Gasteiger charge is 2.40. The molecule has 2 heterocycles. The van der Waals surface area contributed by atoms with E-state index in [9.17, 15) is 14.8 Å². The van der Waals surface area contributed by atoms with Gasteiger partial charge < -0.3 is 19.9 Å². The third kappa shape index (κ3) is 5.38. The van der Waals surface area contributed by atoms with E-state index in [1.807, 2.05) is 18.2 Å². The highest BCUT2D eigenvalue weighted by molar-refractivity contribution is 7.18. The molecule has 2 N–H and O–H groups in total. The predicted octanol–water partition coefficient (Wildman–Crippen LogP) is 4.69. The number of likely N-dealkylation sites (N-methyl/N-ethyl adjacent to an activating group) is 1. The summed E-state index contributed by atoms with van der Waals surface area (Å²) in [5.41, 5.74) is 1.82. The molecule has 4 rings (SSSR count). The van der Waals surface area contributed by atoms with Crippen molar-refractivity contribution in [2.45, 2.75) is 44.2 Å². The number of ether oxygens (including phenoxy) is 1. The zero-order valence-electron chi connectivity index (χ0n) is 17.4. The number of hydroxylamine groups is 3. The molecule has 0 saturated heterocycles. The molecule has 9 heteroatoms. The first kappa shape index (κ1) is 22.1. The summed E-state index contributed by atoms with van der Waals surface area (Å²) in [6.07, 6.45) is 3.65. The summed E-state index contributed by atoms with van der Waals surface area (Å²) in [6.45, 7) is 1.07. The zero-order valence-corrected chi connectivity index (χ0v) is 19.0. The number of benzene rings is 1. The Morgan fingerprint density at radius 3 is 2.52 bits per heavy atom. The number of hydrogen-bond donors (Lipinski definition) is 2. The maximum Gasteiger partial charge on any atom is 0.413 e. The standard InChI is InChI=1S/C22H26ClN3O4S/c1-26(29)12-8-15-4-5-17(14-16(15)9-13-26)24-21(28)30-22(10-2-3-11-22)25-20(27)18-6-7-19(23)31-18/h4-7,14H,2-3,8-13H2,1H3,(H,24,28)(H,25,27). The van der Waals surface area contributed by atoms with Crippen molar-refractivity contribution in [2.24, 2.45) is 0 Å². The fraction of sp³-hybridized carbons (Fsp3) is 0.455. The maximum atomic E-state index is 12.7. The molecule has 2 aromatic rings. The lowest BCUT2D eigenvalue weighted by atomic mass is 10.0. The van der Waals surface area contributed by atoms with E-state index in [2.05, 4.69) is 10.6 Å². The number of carbonyl (C=O) groups is 2. The lowest BCUT2D eigenvalue weighted by Gasteiger charge is -2.37. The Morgan fingerprint density at radius 1 is 1.13 bits per heavy atom. The summed E-state index contributed by atoms with van der Waals surface area (Å²) in [6, 6.07) is 9.03. The van der Waals surface area contributed by atoms with Gasteiger partial charge in [-0.05, 0) is 48.2 Å². The third-order valence-corrected chi connectivity index (χ3v) is 7.23. The number of nitrogens with one attached hydrogen (secondary N) is 2. The summed E-state index contributed by atoms with van der Waals surface area (Å²) < 4.78 is 6.02. The molecule has 1 unspecified atom stereocenters. The molecule has 31 heavy (non-hydrogen) atoms. The van der Waals surface area contributed by atoms with Gasteiger partial charge in [-0.3, -0.25) is 10.1 Å². The van der Waals surface area contributed by atoms with Crippen molar-refractivity contribution >= 4 is 40.6 Å². The summed E-state index contributed by atoms with van der Waals surface area (Å²) >= 11 is 7.12. The van der Waals surface area contributed by atoms with Gasteiger partial charge in [0.15, 0.2) is 5.72 Å². The largest absolute Gasteiger partial charge is 0.633 e. The Balaban J connectivity index is 1.42.